The van der Waals surface area contributed by atoms with Crippen molar-refractivity contribution in [3.8, 4) is 5.75 Å². The van der Waals surface area contributed by atoms with Crippen molar-refractivity contribution in [2.75, 3.05) is 44.7 Å². The van der Waals surface area contributed by atoms with Gasteiger partial charge < -0.3 is 19.9 Å². The number of rotatable bonds is 6. The number of piperazine rings is 1. The van der Waals surface area contributed by atoms with Gasteiger partial charge in [-0.3, -0.25) is 9.59 Å². The second-order valence-corrected chi connectivity index (χ2v) is 5.91. The minimum atomic E-state index is -0.489. The average molecular weight is 333 g/mol. The van der Waals surface area contributed by atoms with Crippen LogP contribution in [0.2, 0.25) is 0 Å². The van der Waals surface area contributed by atoms with Crippen molar-refractivity contribution >= 4 is 17.5 Å². The summed E-state index contributed by atoms with van der Waals surface area (Å²) in [4.78, 5) is 27.9. The molecule has 2 rings (SSSR count). The van der Waals surface area contributed by atoms with Crippen LogP contribution in [0.4, 0.5) is 5.69 Å². The number of methoxy groups -OCH3 is 1. The number of nitrogens with zero attached hydrogens (tertiary/aromatic N) is 2. The minimum absolute atomic E-state index is 0.425. The summed E-state index contributed by atoms with van der Waals surface area (Å²) in [6.07, 6.45) is 3.07. The molecule has 1 saturated heterocycles. The van der Waals surface area contributed by atoms with Gasteiger partial charge in [0, 0.05) is 32.7 Å². The van der Waals surface area contributed by atoms with E-state index in [4.69, 9.17) is 4.74 Å². The zero-order valence-electron chi connectivity index (χ0n) is 14.6. The molecule has 0 aliphatic carbocycles. The van der Waals surface area contributed by atoms with Crippen LogP contribution in [-0.2, 0) is 9.59 Å². The van der Waals surface area contributed by atoms with Crippen LogP contribution in [0.1, 0.15) is 26.2 Å². The Kier molecular flexibility index (Phi) is 6.90. The van der Waals surface area contributed by atoms with Crippen molar-refractivity contribution in [3.63, 3.8) is 0 Å². The Morgan fingerprint density at radius 1 is 1.12 bits per heavy atom. The molecule has 0 unspecified atom stereocenters. The fourth-order valence-electron chi connectivity index (χ4n) is 2.84. The summed E-state index contributed by atoms with van der Waals surface area (Å²) in [5.74, 6) is -0.0889. The molecule has 0 saturated carbocycles. The number of nitrogens with one attached hydrogen (secondary N) is 1. The second-order valence-electron chi connectivity index (χ2n) is 5.91. The number of hydrogen-bond acceptors (Lipinski definition) is 4. The highest BCUT2D eigenvalue weighted by Crippen LogP contribution is 2.28. The topological polar surface area (TPSA) is 61.9 Å². The van der Waals surface area contributed by atoms with Gasteiger partial charge in [-0.1, -0.05) is 31.9 Å². The Morgan fingerprint density at radius 3 is 2.50 bits per heavy atom. The largest absolute Gasteiger partial charge is 0.495 e. The van der Waals surface area contributed by atoms with Gasteiger partial charge in [0.1, 0.15) is 5.75 Å². The van der Waals surface area contributed by atoms with E-state index in [-0.39, 0.29) is 0 Å². The predicted molar refractivity (Wildman–Crippen MR) is 94.3 cm³/mol. The Hall–Kier alpha value is -2.24. The zero-order chi connectivity index (χ0) is 17.4. The summed E-state index contributed by atoms with van der Waals surface area (Å²) in [5.41, 5.74) is 1.02. The third-order valence-electron chi connectivity index (χ3n) is 4.25. The predicted octanol–water partition coefficient (Wildman–Crippen LogP) is 1.65. The number of ether oxygens (including phenoxy) is 1. The molecule has 132 valence electrons. The van der Waals surface area contributed by atoms with Crippen LogP contribution >= 0.6 is 0 Å². The summed E-state index contributed by atoms with van der Waals surface area (Å²) >= 11 is 0. The molecule has 1 aromatic carbocycles. The maximum atomic E-state index is 12.2. The maximum Gasteiger partial charge on any atom is 0.312 e. The summed E-state index contributed by atoms with van der Waals surface area (Å²) in [6.45, 7) is 5.14. The molecule has 0 atom stereocenters. The minimum Gasteiger partial charge on any atom is -0.495 e. The van der Waals surface area contributed by atoms with Gasteiger partial charge in [0.25, 0.3) is 0 Å². The van der Waals surface area contributed by atoms with Gasteiger partial charge in [-0.2, -0.15) is 0 Å². The molecule has 1 aliphatic rings. The summed E-state index contributed by atoms with van der Waals surface area (Å²) < 4.78 is 5.39. The van der Waals surface area contributed by atoms with Crippen LogP contribution in [0.25, 0.3) is 0 Å². The van der Waals surface area contributed by atoms with Crippen LogP contribution < -0.4 is 15.0 Å². The fraction of sp³-hybridized carbons (Fsp3) is 0.556. The molecule has 6 nitrogen and oxygen atoms in total. The Labute approximate surface area is 143 Å². The number of hydrogen-bond donors (Lipinski definition) is 1. The van der Waals surface area contributed by atoms with Crippen molar-refractivity contribution in [2.45, 2.75) is 26.2 Å². The summed E-state index contributed by atoms with van der Waals surface area (Å²) in [6, 6.07) is 7.84. The molecule has 2 amide bonds. The molecular formula is C18H27N3O3. The van der Waals surface area contributed by atoms with E-state index in [9.17, 15) is 9.59 Å². The molecule has 0 bridgehead atoms. The first-order valence-corrected chi connectivity index (χ1v) is 8.62. The van der Waals surface area contributed by atoms with Gasteiger partial charge in [0.15, 0.2) is 0 Å². The first kappa shape index (κ1) is 18.1. The lowest BCUT2D eigenvalue weighted by Gasteiger charge is -2.36. The zero-order valence-corrected chi connectivity index (χ0v) is 14.6. The lowest BCUT2D eigenvalue weighted by Crippen LogP contribution is -2.52. The Balaban J connectivity index is 1.83. The lowest BCUT2D eigenvalue weighted by molar-refractivity contribution is -0.146. The van der Waals surface area contributed by atoms with Crippen molar-refractivity contribution in [2.24, 2.45) is 0 Å². The van der Waals surface area contributed by atoms with Crippen LogP contribution in [0.5, 0.6) is 5.75 Å². The van der Waals surface area contributed by atoms with E-state index >= 15 is 0 Å². The van der Waals surface area contributed by atoms with E-state index in [0.717, 1.165) is 30.7 Å². The van der Waals surface area contributed by atoms with Crippen molar-refractivity contribution in [1.82, 2.24) is 10.2 Å². The highest BCUT2D eigenvalue weighted by Gasteiger charge is 2.26. The number of para-hydroxylation sites is 2. The first-order valence-electron chi connectivity index (χ1n) is 8.62. The van der Waals surface area contributed by atoms with Gasteiger partial charge in [-0.15, -0.1) is 0 Å². The number of carbonyl (C=O) groups is 2. The van der Waals surface area contributed by atoms with Gasteiger partial charge in [-0.05, 0) is 18.6 Å². The van der Waals surface area contributed by atoms with Crippen molar-refractivity contribution in [1.29, 1.82) is 0 Å². The number of benzene rings is 1. The highest BCUT2D eigenvalue weighted by atomic mass is 16.5. The molecular weight excluding hydrogens is 306 g/mol. The van der Waals surface area contributed by atoms with E-state index in [1.807, 2.05) is 24.3 Å². The van der Waals surface area contributed by atoms with Crippen LogP contribution in [0.3, 0.4) is 0 Å². The number of anilines is 1. The normalized spacial score (nSPS) is 14.4. The number of carbonyl (C=O) groups excluding carboxylic acids is 2. The molecule has 0 spiro atoms. The molecule has 1 fully saturated rings. The smallest absolute Gasteiger partial charge is 0.312 e. The van der Waals surface area contributed by atoms with Gasteiger partial charge in [-0.25, -0.2) is 0 Å². The third-order valence-corrected chi connectivity index (χ3v) is 4.25. The molecule has 1 aromatic rings. The van der Waals surface area contributed by atoms with Gasteiger partial charge in [0.2, 0.25) is 0 Å². The third kappa shape index (κ3) is 4.63. The molecule has 6 heteroatoms. The SMILES string of the molecule is CCCCCNC(=O)C(=O)N1CCN(c2ccccc2OC)CC1. The average Bonchev–Trinajstić information content (AvgIpc) is 2.64. The standard InChI is InChI=1S/C18H27N3O3/c1-3-4-7-10-19-17(22)18(23)21-13-11-20(12-14-21)15-8-5-6-9-16(15)24-2/h5-6,8-9H,3-4,7,10-14H2,1-2H3,(H,19,22). The fourth-order valence-corrected chi connectivity index (χ4v) is 2.84. The van der Waals surface area contributed by atoms with Crippen LogP contribution in [0.15, 0.2) is 24.3 Å². The van der Waals surface area contributed by atoms with Crippen LogP contribution in [0, 0.1) is 0 Å². The molecule has 0 aromatic heterocycles. The first-order chi connectivity index (χ1) is 11.7. The molecule has 0 radical (unpaired) electrons. The van der Waals surface area contributed by atoms with Crippen molar-refractivity contribution in [3.05, 3.63) is 24.3 Å². The monoisotopic (exact) mass is 333 g/mol. The molecule has 1 aliphatic heterocycles. The summed E-state index contributed by atoms with van der Waals surface area (Å²) in [7, 11) is 1.65. The van der Waals surface area contributed by atoms with Crippen LogP contribution in [-0.4, -0.2) is 56.5 Å². The highest BCUT2D eigenvalue weighted by molar-refractivity contribution is 6.35. The maximum absolute atomic E-state index is 12.2. The second kappa shape index (κ2) is 9.15. The summed E-state index contributed by atoms with van der Waals surface area (Å²) in [5, 5.41) is 2.71. The van der Waals surface area contributed by atoms with E-state index in [0.29, 0.717) is 32.7 Å². The van der Waals surface area contributed by atoms with Gasteiger partial charge >= 0.3 is 11.8 Å². The van der Waals surface area contributed by atoms with E-state index in [1.54, 1.807) is 12.0 Å². The van der Waals surface area contributed by atoms with E-state index in [2.05, 4.69) is 17.1 Å². The Morgan fingerprint density at radius 2 is 1.83 bits per heavy atom. The van der Waals surface area contributed by atoms with E-state index in [1.165, 1.54) is 0 Å². The lowest BCUT2D eigenvalue weighted by atomic mass is 10.2. The van der Waals surface area contributed by atoms with Crippen molar-refractivity contribution < 1.29 is 14.3 Å². The number of amides is 2. The van der Waals surface area contributed by atoms with Gasteiger partial charge in [0.05, 0.1) is 12.8 Å². The quantitative estimate of drug-likeness (QED) is 0.635. The molecule has 24 heavy (non-hydrogen) atoms. The number of unbranched alkanes of at least 4 members (excludes halogenated alkanes) is 2. The van der Waals surface area contributed by atoms with E-state index < -0.39 is 11.8 Å². The molecule has 1 N–H and O–H groups in total. The molecule has 1 heterocycles. The Bertz CT molecular complexity index is 554.